The molecule has 0 heterocycles. The van der Waals surface area contributed by atoms with Crippen LogP contribution in [0.4, 0.5) is 0 Å². The normalized spacial score (nSPS) is 11.8. The molecule has 0 aromatic heterocycles. The van der Waals surface area contributed by atoms with Crippen LogP contribution in [0.25, 0.3) is 0 Å². The highest BCUT2D eigenvalue weighted by molar-refractivity contribution is 7.89. The fraction of sp³-hybridized carbons (Fsp3) is 0.125. The van der Waals surface area contributed by atoms with Crippen molar-refractivity contribution in [2.75, 3.05) is 6.61 Å². The Bertz CT molecular complexity index is 1080. The van der Waals surface area contributed by atoms with E-state index in [1.807, 2.05) is 67.6 Å². The fourth-order valence-corrected chi connectivity index (χ4v) is 4.03. The van der Waals surface area contributed by atoms with Gasteiger partial charge in [-0.05, 0) is 36.3 Å². The maximum absolute atomic E-state index is 13.2. The first-order valence-electron chi connectivity index (χ1n) is 9.55. The average Bonchev–Trinajstić information content (AvgIpc) is 2.77. The summed E-state index contributed by atoms with van der Waals surface area (Å²) >= 11 is 0. The van der Waals surface area contributed by atoms with Crippen LogP contribution in [-0.4, -0.2) is 25.5 Å². The first-order chi connectivity index (χ1) is 14.6. The van der Waals surface area contributed by atoms with Crippen molar-refractivity contribution in [2.24, 2.45) is 5.16 Å². The third kappa shape index (κ3) is 6.06. The van der Waals surface area contributed by atoms with Crippen LogP contribution >= 0.6 is 0 Å². The second kappa shape index (κ2) is 10.4. The maximum Gasteiger partial charge on any atom is 0.264 e. The van der Waals surface area contributed by atoms with Gasteiger partial charge in [0.1, 0.15) is 6.61 Å². The lowest BCUT2D eigenvalue weighted by Gasteiger charge is -2.21. The van der Waals surface area contributed by atoms with E-state index in [2.05, 4.69) is 5.16 Å². The minimum absolute atomic E-state index is 0.151. The molecule has 5 nitrogen and oxygen atoms in total. The van der Waals surface area contributed by atoms with Crippen molar-refractivity contribution in [1.29, 1.82) is 0 Å². The molecule has 30 heavy (non-hydrogen) atoms. The van der Waals surface area contributed by atoms with Gasteiger partial charge in [0.2, 0.25) is 0 Å². The monoisotopic (exact) mass is 420 g/mol. The number of benzene rings is 3. The SMILES string of the molecule is Cc1ccc(S(=O)(=O)N(/C=C/CO/N=C/c2ccccc2)Cc2ccccc2)cc1. The summed E-state index contributed by atoms with van der Waals surface area (Å²) in [5.41, 5.74) is 2.82. The van der Waals surface area contributed by atoms with Crippen LogP contribution < -0.4 is 0 Å². The predicted molar refractivity (Wildman–Crippen MR) is 119 cm³/mol. The van der Waals surface area contributed by atoms with Crippen molar-refractivity contribution >= 4 is 16.2 Å². The molecule has 0 fully saturated rings. The van der Waals surface area contributed by atoms with Crippen molar-refractivity contribution in [1.82, 2.24) is 4.31 Å². The number of aryl methyl sites for hydroxylation is 1. The molecule has 0 aliphatic carbocycles. The number of nitrogens with zero attached hydrogens (tertiary/aromatic N) is 2. The molecule has 0 unspecified atom stereocenters. The Balaban J connectivity index is 1.71. The molecular formula is C24H24N2O3S. The molecule has 6 heteroatoms. The number of sulfonamides is 1. The van der Waals surface area contributed by atoms with Crippen molar-refractivity contribution in [3.63, 3.8) is 0 Å². The van der Waals surface area contributed by atoms with E-state index in [-0.39, 0.29) is 18.0 Å². The van der Waals surface area contributed by atoms with E-state index < -0.39 is 10.0 Å². The third-order valence-electron chi connectivity index (χ3n) is 4.33. The zero-order chi connectivity index (χ0) is 21.2. The summed E-state index contributed by atoms with van der Waals surface area (Å²) in [6.45, 7) is 2.30. The summed E-state index contributed by atoms with van der Waals surface area (Å²) in [5, 5.41) is 3.91. The van der Waals surface area contributed by atoms with Gasteiger partial charge in [0.25, 0.3) is 10.0 Å². The topological polar surface area (TPSA) is 59.0 Å². The zero-order valence-corrected chi connectivity index (χ0v) is 17.6. The summed E-state index contributed by atoms with van der Waals surface area (Å²) in [4.78, 5) is 5.48. The first kappa shape index (κ1) is 21.3. The summed E-state index contributed by atoms with van der Waals surface area (Å²) in [6.07, 6.45) is 4.77. The largest absolute Gasteiger partial charge is 0.391 e. The van der Waals surface area contributed by atoms with Gasteiger partial charge < -0.3 is 4.84 Å². The van der Waals surface area contributed by atoms with E-state index >= 15 is 0 Å². The Morgan fingerprint density at radius 1 is 0.900 bits per heavy atom. The van der Waals surface area contributed by atoms with Gasteiger partial charge in [0, 0.05) is 6.20 Å². The van der Waals surface area contributed by atoms with E-state index in [1.54, 1.807) is 36.6 Å². The van der Waals surface area contributed by atoms with Gasteiger partial charge in [-0.15, -0.1) is 0 Å². The van der Waals surface area contributed by atoms with Crippen LogP contribution in [0.15, 0.2) is 107 Å². The summed E-state index contributed by atoms with van der Waals surface area (Å²) in [5.74, 6) is 0. The molecule has 0 spiro atoms. The fourth-order valence-electron chi connectivity index (χ4n) is 2.71. The molecule has 0 saturated heterocycles. The molecule has 3 aromatic carbocycles. The van der Waals surface area contributed by atoms with Crippen molar-refractivity contribution in [2.45, 2.75) is 18.4 Å². The van der Waals surface area contributed by atoms with Gasteiger partial charge in [0.05, 0.1) is 17.7 Å². The van der Waals surface area contributed by atoms with Crippen molar-refractivity contribution < 1.29 is 13.3 Å². The molecule has 0 aliphatic heterocycles. The van der Waals surface area contributed by atoms with Gasteiger partial charge in [-0.25, -0.2) is 8.42 Å². The Hall–Kier alpha value is -3.38. The van der Waals surface area contributed by atoms with E-state index in [4.69, 9.17) is 4.84 Å². The number of hydrogen-bond donors (Lipinski definition) is 0. The van der Waals surface area contributed by atoms with Crippen molar-refractivity contribution in [3.05, 3.63) is 114 Å². The second-order valence-corrected chi connectivity index (χ2v) is 8.57. The Morgan fingerprint density at radius 3 is 2.20 bits per heavy atom. The van der Waals surface area contributed by atoms with Crippen LogP contribution in [0.3, 0.4) is 0 Å². The van der Waals surface area contributed by atoms with E-state index in [1.165, 1.54) is 10.5 Å². The Labute approximate surface area is 178 Å². The molecule has 3 rings (SSSR count). The van der Waals surface area contributed by atoms with Crippen LogP contribution in [0.5, 0.6) is 0 Å². The quantitative estimate of drug-likeness (QED) is 0.285. The number of rotatable bonds is 9. The van der Waals surface area contributed by atoms with E-state index in [9.17, 15) is 8.42 Å². The standard InChI is InChI=1S/C24H24N2O3S/c1-21-13-15-24(16-14-21)30(27,28)26(20-23-11-6-3-7-12-23)17-8-18-29-25-19-22-9-4-2-5-10-22/h2-17,19H,18,20H2,1H3/b17-8+,25-19+. The highest BCUT2D eigenvalue weighted by Crippen LogP contribution is 2.19. The molecule has 3 aromatic rings. The molecule has 0 aliphatic rings. The highest BCUT2D eigenvalue weighted by Gasteiger charge is 2.21. The summed E-state index contributed by atoms with van der Waals surface area (Å²) in [6, 6.07) is 25.9. The van der Waals surface area contributed by atoms with Gasteiger partial charge in [-0.1, -0.05) is 83.5 Å². The first-order valence-corrected chi connectivity index (χ1v) is 11.0. The molecule has 0 bridgehead atoms. The van der Waals surface area contributed by atoms with Gasteiger partial charge >= 0.3 is 0 Å². The smallest absolute Gasteiger partial charge is 0.264 e. The second-order valence-electron chi connectivity index (χ2n) is 6.67. The maximum atomic E-state index is 13.2. The van der Waals surface area contributed by atoms with Crippen LogP contribution in [0.1, 0.15) is 16.7 Å². The van der Waals surface area contributed by atoms with E-state index in [0.717, 1.165) is 16.7 Å². The Kier molecular flexibility index (Phi) is 7.40. The number of oxime groups is 1. The lowest BCUT2D eigenvalue weighted by molar-refractivity contribution is 0.176. The van der Waals surface area contributed by atoms with Crippen molar-refractivity contribution in [3.8, 4) is 0 Å². The number of hydrogen-bond acceptors (Lipinski definition) is 4. The molecule has 0 amide bonds. The minimum atomic E-state index is -3.70. The Morgan fingerprint density at radius 2 is 1.53 bits per heavy atom. The lowest BCUT2D eigenvalue weighted by Crippen LogP contribution is -2.25. The van der Waals surface area contributed by atoms with Gasteiger partial charge in [-0.3, -0.25) is 4.31 Å². The average molecular weight is 421 g/mol. The van der Waals surface area contributed by atoms with E-state index in [0.29, 0.717) is 0 Å². The third-order valence-corrected chi connectivity index (χ3v) is 6.06. The van der Waals surface area contributed by atoms with Crippen LogP contribution in [-0.2, 0) is 21.4 Å². The molecule has 154 valence electrons. The lowest BCUT2D eigenvalue weighted by atomic mass is 10.2. The van der Waals surface area contributed by atoms with Gasteiger partial charge in [-0.2, -0.15) is 0 Å². The molecule has 0 radical (unpaired) electrons. The zero-order valence-electron chi connectivity index (χ0n) is 16.8. The van der Waals surface area contributed by atoms with Crippen LogP contribution in [0, 0.1) is 6.92 Å². The molecule has 0 atom stereocenters. The summed E-state index contributed by atoms with van der Waals surface area (Å²) in [7, 11) is -3.70. The van der Waals surface area contributed by atoms with Crippen LogP contribution in [0.2, 0.25) is 0 Å². The van der Waals surface area contributed by atoms with Gasteiger partial charge in [0.15, 0.2) is 0 Å². The molecular weight excluding hydrogens is 396 g/mol. The molecule has 0 saturated carbocycles. The molecule has 0 N–H and O–H groups in total. The minimum Gasteiger partial charge on any atom is -0.391 e. The highest BCUT2D eigenvalue weighted by atomic mass is 32.2. The predicted octanol–water partition coefficient (Wildman–Crippen LogP) is 4.75. The summed E-state index contributed by atoms with van der Waals surface area (Å²) < 4.78 is 27.6.